The number of nitro groups is 1. The van der Waals surface area contributed by atoms with Crippen molar-refractivity contribution >= 4 is 34.8 Å². The summed E-state index contributed by atoms with van der Waals surface area (Å²) in [4.78, 5) is 25.9. The predicted molar refractivity (Wildman–Crippen MR) is 80.2 cm³/mol. The van der Waals surface area contributed by atoms with Gasteiger partial charge in [-0.3, -0.25) is 21.0 Å². The van der Waals surface area contributed by atoms with E-state index in [2.05, 4.69) is 15.8 Å². The maximum absolute atomic E-state index is 11.6. The third-order valence-electron chi connectivity index (χ3n) is 3.07. The Morgan fingerprint density at radius 3 is 2.70 bits per heavy atom. The Labute approximate surface area is 134 Å². The van der Waals surface area contributed by atoms with E-state index in [0.29, 0.717) is 0 Å². The number of hydrazine groups is 1. The average molecular weight is 345 g/mol. The summed E-state index contributed by atoms with van der Waals surface area (Å²) in [6, 6.07) is 3.90. The number of benzene rings is 1. The van der Waals surface area contributed by atoms with Crippen LogP contribution in [-0.4, -0.2) is 52.3 Å². The number of carbonyl (C=O) groups is 1. The van der Waals surface area contributed by atoms with Gasteiger partial charge in [0.05, 0.1) is 18.1 Å². The summed E-state index contributed by atoms with van der Waals surface area (Å²) in [6.07, 6.45) is 0. The van der Waals surface area contributed by atoms with E-state index < -0.39 is 29.6 Å². The highest BCUT2D eigenvalue weighted by Crippen LogP contribution is 2.27. The molecule has 1 aromatic rings. The first-order chi connectivity index (χ1) is 10.9. The summed E-state index contributed by atoms with van der Waals surface area (Å²) in [5.74, 6) is -1.16. The molecule has 124 valence electrons. The molecule has 0 spiro atoms. The number of nitrogens with zero attached hydrogens (tertiary/aromatic N) is 2. The van der Waals surface area contributed by atoms with Gasteiger partial charge in [-0.15, -0.1) is 0 Å². The van der Waals surface area contributed by atoms with Gasteiger partial charge < -0.3 is 14.9 Å². The molecule has 0 unspecified atom stereocenters. The number of cyclic esters (lactones) is 1. The van der Waals surface area contributed by atoms with Gasteiger partial charge in [0, 0.05) is 11.1 Å². The Bertz CT molecular complexity index is 661. The van der Waals surface area contributed by atoms with Crippen molar-refractivity contribution in [2.24, 2.45) is 4.99 Å². The first-order valence-corrected chi connectivity index (χ1v) is 6.73. The summed E-state index contributed by atoms with van der Waals surface area (Å²) in [7, 11) is 0. The fourth-order valence-corrected chi connectivity index (χ4v) is 1.93. The van der Waals surface area contributed by atoms with Gasteiger partial charge in [0.2, 0.25) is 5.84 Å². The number of hydrogen-bond acceptors (Lipinski definition) is 9. The number of nitrogens with one attached hydrogen (secondary N) is 2. The molecule has 1 heterocycles. The number of anilines is 1. The summed E-state index contributed by atoms with van der Waals surface area (Å²) >= 11 is 5.70. The number of amidine groups is 1. The van der Waals surface area contributed by atoms with Gasteiger partial charge in [0.25, 0.3) is 5.69 Å². The van der Waals surface area contributed by atoms with Crippen LogP contribution in [0.4, 0.5) is 11.4 Å². The maximum atomic E-state index is 11.6. The average Bonchev–Trinajstić information content (AvgIpc) is 2.55. The lowest BCUT2D eigenvalue weighted by Crippen LogP contribution is -2.51. The largest absolute Gasteiger partial charge is 0.457 e. The number of aliphatic hydroxyl groups is 2. The Morgan fingerprint density at radius 1 is 1.39 bits per heavy atom. The Balaban J connectivity index is 2.21. The molecule has 23 heavy (non-hydrogen) atoms. The van der Waals surface area contributed by atoms with Gasteiger partial charge in [-0.2, -0.15) is 0 Å². The van der Waals surface area contributed by atoms with Crippen LogP contribution in [0.25, 0.3) is 0 Å². The Kier molecular flexibility index (Phi) is 4.98. The van der Waals surface area contributed by atoms with Crippen LogP contribution in [0, 0.1) is 10.1 Å². The molecule has 0 radical (unpaired) electrons. The zero-order valence-corrected chi connectivity index (χ0v) is 12.4. The number of ether oxygens (including phenoxy) is 1. The van der Waals surface area contributed by atoms with E-state index in [1.54, 1.807) is 0 Å². The fraction of sp³-hybridized carbons (Fsp3) is 0.333. The van der Waals surface area contributed by atoms with Gasteiger partial charge in [0.1, 0.15) is 17.8 Å². The number of carbonyl (C=O) groups excluding carboxylic acids is 1. The third-order valence-corrected chi connectivity index (χ3v) is 3.31. The van der Waals surface area contributed by atoms with Crippen LogP contribution in [0.5, 0.6) is 0 Å². The first-order valence-electron chi connectivity index (χ1n) is 6.35. The van der Waals surface area contributed by atoms with Crippen molar-refractivity contribution in [1.29, 1.82) is 0 Å². The molecule has 1 aromatic carbocycles. The van der Waals surface area contributed by atoms with Crippen LogP contribution in [0.3, 0.4) is 0 Å². The first kappa shape index (κ1) is 16.9. The summed E-state index contributed by atoms with van der Waals surface area (Å²) in [6.45, 7) is -1.35. The van der Waals surface area contributed by atoms with Crippen molar-refractivity contribution in [3.63, 3.8) is 0 Å². The number of aliphatic imine (C=N–C) groups is 1. The number of halogens is 1. The van der Waals surface area contributed by atoms with E-state index in [-0.39, 0.29) is 28.8 Å². The summed E-state index contributed by atoms with van der Waals surface area (Å²) < 4.78 is 4.83. The quantitative estimate of drug-likeness (QED) is 0.327. The van der Waals surface area contributed by atoms with Crippen LogP contribution in [0.15, 0.2) is 23.2 Å². The molecular formula is C12H13ClN4O6. The normalized spacial score (nSPS) is 16.3. The predicted octanol–water partition coefficient (Wildman–Crippen LogP) is -0.157. The van der Waals surface area contributed by atoms with Crippen LogP contribution in [0.2, 0.25) is 5.02 Å². The van der Waals surface area contributed by atoms with E-state index >= 15 is 0 Å². The highest BCUT2D eigenvalue weighted by molar-refractivity contribution is 6.36. The van der Waals surface area contributed by atoms with Crippen molar-refractivity contribution in [2.45, 2.75) is 5.54 Å². The maximum Gasteiger partial charge on any atom is 0.375 e. The Morgan fingerprint density at radius 2 is 2.09 bits per heavy atom. The molecule has 0 atom stereocenters. The zero-order chi connectivity index (χ0) is 17.0. The SMILES string of the molecule is O=C1OCC(CO)(CO)N=C1NNc1ccc(Cl)cc1[N+](=O)[O-]. The number of rotatable bonds is 5. The van der Waals surface area contributed by atoms with Gasteiger partial charge >= 0.3 is 5.97 Å². The monoisotopic (exact) mass is 344 g/mol. The lowest BCUT2D eigenvalue weighted by atomic mass is 10.0. The minimum Gasteiger partial charge on any atom is -0.457 e. The van der Waals surface area contributed by atoms with E-state index in [1.807, 2.05) is 0 Å². The van der Waals surface area contributed by atoms with Crippen molar-refractivity contribution in [3.8, 4) is 0 Å². The number of esters is 1. The molecular weight excluding hydrogens is 332 g/mol. The highest BCUT2D eigenvalue weighted by Gasteiger charge is 2.37. The minimum atomic E-state index is -1.36. The van der Waals surface area contributed by atoms with Gasteiger partial charge in [0.15, 0.2) is 0 Å². The Hall–Kier alpha value is -2.43. The van der Waals surface area contributed by atoms with Crippen molar-refractivity contribution in [2.75, 3.05) is 25.2 Å². The van der Waals surface area contributed by atoms with E-state index in [4.69, 9.17) is 16.3 Å². The number of nitro benzene ring substituents is 1. The second-order valence-electron chi connectivity index (χ2n) is 4.75. The topological polar surface area (TPSA) is 146 Å². The second kappa shape index (κ2) is 6.77. The van der Waals surface area contributed by atoms with E-state index in [9.17, 15) is 25.1 Å². The molecule has 0 saturated heterocycles. The van der Waals surface area contributed by atoms with E-state index in [0.717, 1.165) is 6.07 Å². The highest BCUT2D eigenvalue weighted by atomic mass is 35.5. The molecule has 10 nitrogen and oxygen atoms in total. The van der Waals surface area contributed by atoms with Gasteiger partial charge in [-0.1, -0.05) is 11.6 Å². The third kappa shape index (κ3) is 3.67. The van der Waals surface area contributed by atoms with Crippen molar-refractivity contribution < 1.29 is 24.7 Å². The molecule has 11 heteroatoms. The van der Waals surface area contributed by atoms with Crippen LogP contribution in [0.1, 0.15) is 0 Å². The second-order valence-corrected chi connectivity index (χ2v) is 5.18. The fourth-order valence-electron chi connectivity index (χ4n) is 1.76. The molecule has 4 N–H and O–H groups in total. The molecule has 0 bridgehead atoms. The standard InChI is InChI=1S/C12H13ClN4O6/c13-7-1-2-8(9(3-7)17(21)22)15-16-10-11(20)23-6-12(4-18,5-19)14-10/h1-3,15,18-19H,4-6H2,(H,14,16). The molecule has 0 saturated carbocycles. The smallest absolute Gasteiger partial charge is 0.375 e. The van der Waals surface area contributed by atoms with Crippen molar-refractivity contribution in [1.82, 2.24) is 5.43 Å². The molecule has 2 rings (SSSR count). The molecule has 0 amide bonds. The molecule has 0 fully saturated rings. The number of aliphatic hydroxyl groups excluding tert-OH is 2. The minimum absolute atomic E-state index is 0.0408. The summed E-state index contributed by atoms with van der Waals surface area (Å²) in [5.41, 5.74) is 3.21. The van der Waals surface area contributed by atoms with Crippen LogP contribution >= 0.6 is 11.6 Å². The lowest BCUT2D eigenvalue weighted by Gasteiger charge is -2.29. The van der Waals surface area contributed by atoms with E-state index in [1.165, 1.54) is 12.1 Å². The van der Waals surface area contributed by atoms with Crippen LogP contribution in [-0.2, 0) is 9.53 Å². The molecule has 1 aliphatic heterocycles. The molecule has 0 aromatic heterocycles. The van der Waals surface area contributed by atoms with Crippen LogP contribution < -0.4 is 10.9 Å². The van der Waals surface area contributed by atoms with Gasteiger partial charge in [-0.25, -0.2) is 9.79 Å². The lowest BCUT2D eigenvalue weighted by molar-refractivity contribution is -0.384. The summed E-state index contributed by atoms with van der Waals surface area (Å²) in [5, 5.41) is 29.7. The zero-order valence-electron chi connectivity index (χ0n) is 11.7. The van der Waals surface area contributed by atoms with Crippen molar-refractivity contribution in [3.05, 3.63) is 33.3 Å². The number of hydrogen-bond donors (Lipinski definition) is 4. The van der Waals surface area contributed by atoms with Gasteiger partial charge in [-0.05, 0) is 12.1 Å². The molecule has 0 aliphatic carbocycles. The molecule has 1 aliphatic rings.